The van der Waals surface area contributed by atoms with Crippen LogP contribution in [0.15, 0.2) is 23.3 Å². The molecule has 0 fully saturated rings. The van der Waals surface area contributed by atoms with Gasteiger partial charge in [0, 0.05) is 0 Å². The number of benzene rings is 1. The number of hydrogen-bond donors (Lipinski definition) is 0. The van der Waals surface area contributed by atoms with Gasteiger partial charge in [0.1, 0.15) is 0 Å². The quantitative estimate of drug-likeness (QED) is 0.575. The molecular weight excluding hydrogens is 168 g/mol. The summed E-state index contributed by atoms with van der Waals surface area (Å²) in [6, 6.07) is 4.74. The molecule has 0 atom stereocenters. The molecule has 0 aliphatic heterocycles. The van der Waals surface area contributed by atoms with Crippen molar-refractivity contribution in [1.29, 1.82) is 0 Å². The van der Waals surface area contributed by atoms with E-state index in [4.69, 9.17) is 0 Å². The molecular formula is C14H14. The Balaban J connectivity index is 2.15. The van der Waals surface area contributed by atoms with Gasteiger partial charge in [-0.1, -0.05) is 35.4 Å². The minimum Gasteiger partial charge on any atom is -0.0683 e. The summed E-state index contributed by atoms with van der Waals surface area (Å²) in [6.45, 7) is 4.43. The van der Waals surface area contributed by atoms with E-state index in [2.05, 4.69) is 38.1 Å². The lowest BCUT2D eigenvalue weighted by molar-refractivity contribution is 1.16. The molecule has 0 nitrogen and oxygen atoms in total. The predicted octanol–water partition coefficient (Wildman–Crippen LogP) is 3.61. The number of allylic oxidation sites excluding steroid dienone is 2. The van der Waals surface area contributed by atoms with Crippen LogP contribution in [0, 0.1) is 0 Å². The van der Waals surface area contributed by atoms with E-state index in [-0.39, 0.29) is 0 Å². The van der Waals surface area contributed by atoms with E-state index in [1.165, 1.54) is 33.4 Å². The average molecular weight is 182 g/mol. The summed E-state index contributed by atoms with van der Waals surface area (Å²) in [5.74, 6) is 0. The van der Waals surface area contributed by atoms with Crippen LogP contribution >= 0.6 is 0 Å². The summed E-state index contributed by atoms with van der Waals surface area (Å²) < 4.78 is 0. The summed E-state index contributed by atoms with van der Waals surface area (Å²) in [6.07, 6.45) is 6.94. The second kappa shape index (κ2) is 2.60. The zero-order valence-corrected chi connectivity index (χ0v) is 8.72. The highest BCUT2D eigenvalue weighted by Gasteiger charge is 2.16. The summed E-state index contributed by atoms with van der Waals surface area (Å²) in [4.78, 5) is 0. The maximum Gasteiger partial charge on any atom is -0.00604 e. The van der Waals surface area contributed by atoms with Crippen molar-refractivity contribution in [1.82, 2.24) is 0 Å². The van der Waals surface area contributed by atoms with Crippen LogP contribution in [0.1, 0.15) is 36.1 Å². The minimum absolute atomic E-state index is 1.15. The molecule has 0 aromatic heterocycles. The highest BCUT2D eigenvalue weighted by atomic mass is 14.2. The molecule has 0 heteroatoms. The molecule has 3 rings (SSSR count). The lowest BCUT2D eigenvalue weighted by atomic mass is 10.0. The summed E-state index contributed by atoms with van der Waals surface area (Å²) in [5.41, 5.74) is 8.89. The van der Waals surface area contributed by atoms with Crippen molar-refractivity contribution in [2.24, 2.45) is 0 Å². The average Bonchev–Trinajstić information content (AvgIpc) is 2.59. The normalized spacial score (nSPS) is 17.6. The molecule has 0 saturated heterocycles. The zero-order valence-electron chi connectivity index (χ0n) is 8.72. The van der Waals surface area contributed by atoms with Crippen molar-refractivity contribution >= 4 is 12.2 Å². The van der Waals surface area contributed by atoms with E-state index >= 15 is 0 Å². The van der Waals surface area contributed by atoms with Crippen LogP contribution in [-0.2, 0) is 12.8 Å². The van der Waals surface area contributed by atoms with Gasteiger partial charge in [-0.15, -0.1) is 0 Å². The number of hydrogen-bond acceptors (Lipinski definition) is 0. The van der Waals surface area contributed by atoms with Gasteiger partial charge in [-0.2, -0.15) is 0 Å². The molecule has 0 saturated carbocycles. The van der Waals surface area contributed by atoms with Crippen molar-refractivity contribution in [3.8, 4) is 0 Å². The molecule has 0 spiro atoms. The Morgan fingerprint density at radius 1 is 0.786 bits per heavy atom. The van der Waals surface area contributed by atoms with Gasteiger partial charge < -0.3 is 0 Å². The van der Waals surface area contributed by atoms with Gasteiger partial charge in [0.15, 0.2) is 0 Å². The number of rotatable bonds is 0. The van der Waals surface area contributed by atoms with E-state index in [9.17, 15) is 0 Å². The van der Waals surface area contributed by atoms with Crippen LogP contribution in [0.2, 0.25) is 0 Å². The highest BCUT2D eigenvalue weighted by molar-refractivity contribution is 5.71. The van der Waals surface area contributed by atoms with Crippen LogP contribution < -0.4 is 0 Å². The Labute approximate surface area is 85.0 Å². The fourth-order valence-corrected chi connectivity index (χ4v) is 2.54. The molecule has 14 heavy (non-hydrogen) atoms. The molecule has 0 radical (unpaired) electrons. The van der Waals surface area contributed by atoms with Gasteiger partial charge in [-0.3, -0.25) is 0 Å². The van der Waals surface area contributed by atoms with Crippen LogP contribution in [0.5, 0.6) is 0 Å². The van der Waals surface area contributed by atoms with Gasteiger partial charge in [0.25, 0.3) is 0 Å². The second-order valence-electron chi connectivity index (χ2n) is 4.58. The first-order chi connectivity index (χ1) is 6.72. The van der Waals surface area contributed by atoms with E-state index < -0.39 is 0 Å². The minimum atomic E-state index is 1.15. The third kappa shape index (κ3) is 1.07. The van der Waals surface area contributed by atoms with Crippen molar-refractivity contribution in [3.63, 3.8) is 0 Å². The lowest BCUT2D eigenvalue weighted by Crippen LogP contribution is -1.88. The van der Waals surface area contributed by atoms with Crippen molar-refractivity contribution in [2.45, 2.75) is 26.7 Å². The highest BCUT2D eigenvalue weighted by Crippen LogP contribution is 2.32. The summed E-state index contributed by atoms with van der Waals surface area (Å²) in [7, 11) is 0. The van der Waals surface area contributed by atoms with E-state index in [1.807, 2.05) is 0 Å². The maximum atomic E-state index is 2.37. The Morgan fingerprint density at radius 3 is 1.64 bits per heavy atom. The molecule has 0 bridgehead atoms. The molecule has 0 heterocycles. The topological polar surface area (TPSA) is 0 Å². The van der Waals surface area contributed by atoms with Crippen molar-refractivity contribution in [2.75, 3.05) is 0 Å². The molecule has 2 aliphatic carbocycles. The van der Waals surface area contributed by atoms with Crippen molar-refractivity contribution in [3.05, 3.63) is 45.5 Å². The van der Waals surface area contributed by atoms with Crippen LogP contribution in [-0.4, -0.2) is 0 Å². The first-order valence-corrected chi connectivity index (χ1v) is 5.22. The second-order valence-corrected chi connectivity index (χ2v) is 4.58. The van der Waals surface area contributed by atoms with Gasteiger partial charge in [0.2, 0.25) is 0 Å². The fourth-order valence-electron chi connectivity index (χ4n) is 2.54. The zero-order chi connectivity index (χ0) is 9.71. The largest absolute Gasteiger partial charge is 0.0683 e. The van der Waals surface area contributed by atoms with E-state index in [0.29, 0.717) is 0 Å². The summed E-state index contributed by atoms with van der Waals surface area (Å²) >= 11 is 0. The Hall–Kier alpha value is -1.30. The molecule has 0 N–H and O–H groups in total. The van der Waals surface area contributed by atoms with Gasteiger partial charge in [-0.05, 0) is 48.9 Å². The monoisotopic (exact) mass is 182 g/mol. The summed E-state index contributed by atoms with van der Waals surface area (Å²) in [5, 5.41) is 0. The Kier molecular flexibility index (Phi) is 1.49. The first-order valence-electron chi connectivity index (χ1n) is 5.22. The van der Waals surface area contributed by atoms with Gasteiger partial charge in [0.05, 0.1) is 0 Å². The molecule has 70 valence electrons. The van der Waals surface area contributed by atoms with Crippen LogP contribution in [0.25, 0.3) is 12.2 Å². The van der Waals surface area contributed by atoms with Crippen LogP contribution in [0.3, 0.4) is 0 Å². The third-order valence-corrected chi connectivity index (χ3v) is 3.14. The molecule has 1 aromatic rings. The molecule has 1 aromatic carbocycles. The molecule has 0 unspecified atom stereocenters. The van der Waals surface area contributed by atoms with E-state index in [1.54, 1.807) is 0 Å². The molecule has 2 aliphatic rings. The van der Waals surface area contributed by atoms with E-state index in [0.717, 1.165) is 12.8 Å². The fraction of sp³-hybridized carbons (Fsp3) is 0.286. The van der Waals surface area contributed by atoms with Crippen LogP contribution in [0.4, 0.5) is 0 Å². The Bertz CT molecular complexity index is 427. The molecule has 0 amide bonds. The third-order valence-electron chi connectivity index (χ3n) is 3.14. The predicted molar refractivity (Wildman–Crippen MR) is 61.2 cm³/mol. The number of fused-ring (bicyclic) bond motifs is 2. The Morgan fingerprint density at radius 2 is 1.21 bits per heavy atom. The van der Waals surface area contributed by atoms with Gasteiger partial charge in [-0.25, -0.2) is 0 Å². The lowest BCUT2D eigenvalue weighted by Gasteiger charge is -2.03. The smallest absolute Gasteiger partial charge is 0.00604 e. The van der Waals surface area contributed by atoms with Gasteiger partial charge >= 0.3 is 0 Å². The first kappa shape index (κ1) is 8.05. The SMILES string of the molecule is CC1=Cc2cc3c(cc2C1)C=C(C)C3. The van der Waals surface area contributed by atoms with Crippen molar-refractivity contribution < 1.29 is 0 Å². The maximum absolute atomic E-state index is 2.37. The standard InChI is InChI=1S/C14H14/c1-9-3-11-7-13-5-10(2)6-14(13)8-12(11)4-9/h3,6-8H,4-5H2,1-2H3.